The van der Waals surface area contributed by atoms with E-state index >= 15 is 0 Å². The average molecular weight is 242 g/mol. The van der Waals surface area contributed by atoms with E-state index < -0.39 is 0 Å². The Kier molecular flexibility index (Phi) is 3.19. The number of phenols is 1. The number of nitrogen functional groups attached to an aromatic ring is 1. The Morgan fingerprint density at radius 3 is 2.61 bits per heavy atom. The van der Waals surface area contributed by atoms with Crippen LogP contribution in [0.1, 0.15) is 15.9 Å². The van der Waals surface area contributed by atoms with Crippen LogP contribution in [0.15, 0.2) is 42.5 Å². The van der Waals surface area contributed by atoms with Gasteiger partial charge in [-0.1, -0.05) is 18.2 Å². The number of aromatic hydroxyl groups is 1. The number of phenolic OH excluding ortho intramolecular Hbond substituents is 1. The quantitative estimate of drug-likeness (QED) is 0.708. The van der Waals surface area contributed by atoms with Crippen LogP contribution in [0.3, 0.4) is 0 Å². The molecule has 0 aliphatic rings. The van der Waals surface area contributed by atoms with E-state index in [2.05, 4.69) is 5.32 Å². The van der Waals surface area contributed by atoms with Crippen LogP contribution in [-0.2, 0) is 0 Å². The van der Waals surface area contributed by atoms with Gasteiger partial charge in [-0.3, -0.25) is 4.79 Å². The number of rotatable bonds is 2. The summed E-state index contributed by atoms with van der Waals surface area (Å²) in [5.74, 6) is -0.483. The number of benzene rings is 2. The Morgan fingerprint density at radius 2 is 1.94 bits per heavy atom. The zero-order chi connectivity index (χ0) is 13.1. The lowest BCUT2D eigenvalue weighted by Gasteiger charge is -2.09. The van der Waals surface area contributed by atoms with Crippen LogP contribution < -0.4 is 11.1 Å². The molecule has 0 heterocycles. The minimum absolute atomic E-state index is 0.124. The Morgan fingerprint density at radius 1 is 1.22 bits per heavy atom. The second kappa shape index (κ2) is 4.79. The normalized spacial score (nSPS) is 10.1. The molecule has 4 heteroatoms. The van der Waals surface area contributed by atoms with Gasteiger partial charge in [-0.15, -0.1) is 0 Å². The summed E-state index contributed by atoms with van der Waals surface area (Å²) in [6.07, 6.45) is 0. The standard InChI is InChI=1S/C14H14N2O2/c1-9-4-2-3-5-12(9)16-14(18)11-7-6-10(15)8-13(11)17/h2-8,17H,15H2,1H3,(H,16,18). The van der Waals surface area contributed by atoms with E-state index in [-0.39, 0.29) is 17.2 Å². The molecule has 0 aliphatic carbocycles. The van der Waals surface area contributed by atoms with E-state index in [9.17, 15) is 9.90 Å². The Bertz CT molecular complexity index is 594. The van der Waals surface area contributed by atoms with E-state index in [1.54, 1.807) is 6.07 Å². The van der Waals surface area contributed by atoms with Gasteiger partial charge in [0, 0.05) is 17.4 Å². The monoisotopic (exact) mass is 242 g/mol. The van der Waals surface area contributed by atoms with Gasteiger partial charge in [0.2, 0.25) is 0 Å². The summed E-state index contributed by atoms with van der Waals surface area (Å²) in [6.45, 7) is 1.90. The fraction of sp³-hybridized carbons (Fsp3) is 0.0714. The molecule has 2 rings (SSSR count). The number of nitrogens with two attached hydrogens (primary N) is 1. The molecule has 0 radical (unpaired) electrons. The predicted octanol–water partition coefficient (Wildman–Crippen LogP) is 2.54. The molecule has 18 heavy (non-hydrogen) atoms. The van der Waals surface area contributed by atoms with E-state index in [4.69, 9.17) is 5.73 Å². The summed E-state index contributed by atoms with van der Waals surface area (Å²) in [6, 6.07) is 11.9. The smallest absolute Gasteiger partial charge is 0.259 e. The second-order valence-corrected chi connectivity index (χ2v) is 4.05. The molecule has 0 aliphatic heterocycles. The number of aryl methyl sites for hydroxylation is 1. The molecule has 0 aromatic heterocycles. The molecule has 0 spiro atoms. The van der Waals surface area contributed by atoms with Crippen molar-refractivity contribution in [2.45, 2.75) is 6.92 Å². The summed E-state index contributed by atoms with van der Waals surface area (Å²) in [7, 11) is 0. The maximum atomic E-state index is 12.0. The first kappa shape index (κ1) is 12.0. The molecule has 0 atom stereocenters. The average Bonchev–Trinajstić information content (AvgIpc) is 2.32. The van der Waals surface area contributed by atoms with Gasteiger partial charge in [0.15, 0.2) is 0 Å². The topological polar surface area (TPSA) is 75.4 Å². The molecule has 0 saturated carbocycles. The second-order valence-electron chi connectivity index (χ2n) is 4.05. The molecule has 2 aromatic rings. The first-order chi connectivity index (χ1) is 8.58. The van der Waals surface area contributed by atoms with Crippen LogP contribution in [0.2, 0.25) is 0 Å². The molecule has 0 unspecified atom stereocenters. The van der Waals surface area contributed by atoms with Crippen LogP contribution in [0.4, 0.5) is 11.4 Å². The summed E-state index contributed by atoms with van der Waals surface area (Å²) in [5.41, 5.74) is 7.81. The van der Waals surface area contributed by atoms with E-state index in [0.717, 1.165) is 11.3 Å². The summed E-state index contributed by atoms with van der Waals surface area (Å²) >= 11 is 0. The zero-order valence-electron chi connectivity index (χ0n) is 9.97. The highest BCUT2D eigenvalue weighted by molar-refractivity contribution is 6.06. The fourth-order valence-electron chi connectivity index (χ4n) is 1.64. The number of hydrogen-bond donors (Lipinski definition) is 3. The van der Waals surface area contributed by atoms with Gasteiger partial charge in [-0.25, -0.2) is 0 Å². The van der Waals surface area contributed by atoms with Crippen LogP contribution in [0, 0.1) is 6.92 Å². The van der Waals surface area contributed by atoms with Crippen molar-refractivity contribution in [2.75, 3.05) is 11.1 Å². The molecular weight excluding hydrogens is 228 g/mol. The Hall–Kier alpha value is -2.49. The van der Waals surface area contributed by atoms with Crippen LogP contribution in [0.5, 0.6) is 5.75 Å². The SMILES string of the molecule is Cc1ccccc1NC(=O)c1ccc(N)cc1O. The van der Waals surface area contributed by atoms with E-state index in [0.29, 0.717) is 5.69 Å². The number of amides is 1. The third-order valence-corrected chi connectivity index (χ3v) is 2.66. The van der Waals surface area contributed by atoms with E-state index in [1.807, 2.05) is 31.2 Å². The van der Waals surface area contributed by atoms with Gasteiger partial charge in [0.1, 0.15) is 5.75 Å². The Balaban J connectivity index is 2.25. The van der Waals surface area contributed by atoms with Crippen LogP contribution >= 0.6 is 0 Å². The fourth-order valence-corrected chi connectivity index (χ4v) is 1.64. The van der Waals surface area contributed by atoms with Gasteiger partial charge in [-0.2, -0.15) is 0 Å². The highest BCUT2D eigenvalue weighted by atomic mass is 16.3. The van der Waals surface area contributed by atoms with E-state index in [1.165, 1.54) is 12.1 Å². The lowest BCUT2D eigenvalue weighted by molar-refractivity contribution is 0.102. The van der Waals surface area contributed by atoms with Gasteiger partial charge < -0.3 is 16.2 Å². The molecule has 0 bridgehead atoms. The minimum atomic E-state index is -0.359. The molecule has 0 fully saturated rings. The lowest BCUT2D eigenvalue weighted by atomic mass is 10.1. The van der Waals surface area contributed by atoms with Crippen LogP contribution in [0.25, 0.3) is 0 Å². The van der Waals surface area contributed by atoms with Crippen molar-refractivity contribution in [3.05, 3.63) is 53.6 Å². The van der Waals surface area contributed by atoms with Gasteiger partial charge in [0.05, 0.1) is 5.56 Å². The first-order valence-electron chi connectivity index (χ1n) is 5.53. The van der Waals surface area contributed by atoms with Gasteiger partial charge in [-0.05, 0) is 30.7 Å². The molecule has 4 N–H and O–H groups in total. The largest absolute Gasteiger partial charge is 0.507 e. The van der Waals surface area contributed by atoms with Crippen molar-refractivity contribution >= 4 is 17.3 Å². The zero-order valence-corrected chi connectivity index (χ0v) is 9.97. The number of carbonyl (C=O) groups is 1. The van der Waals surface area contributed by atoms with Crippen molar-refractivity contribution in [3.63, 3.8) is 0 Å². The minimum Gasteiger partial charge on any atom is -0.507 e. The van der Waals surface area contributed by atoms with Crippen molar-refractivity contribution in [3.8, 4) is 5.75 Å². The molecule has 92 valence electrons. The third-order valence-electron chi connectivity index (χ3n) is 2.66. The van der Waals surface area contributed by atoms with Gasteiger partial charge in [0.25, 0.3) is 5.91 Å². The van der Waals surface area contributed by atoms with Crippen molar-refractivity contribution in [2.24, 2.45) is 0 Å². The Labute approximate surface area is 105 Å². The molecule has 4 nitrogen and oxygen atoms in total. The van der Waals surface area contributed by atoms with Gasteiger partial charge >= 0.3 is 0 Å². The van der Waals surface area contributed by atoms with Crippen molar-refractivity contribution in [1.29, 1.82) is 0 Å². The highest BCUT2D eigenvalue weighted by Gasteiger charge is 2.12. The number of nitrogens with one attached hydrogen (secondary N) is 1. The molecular formula is C14H14N2O2. The first-order valence-corrected chi connectivity index (χ1v) is 5.53. The highest BCUT2D eigenvalue weighted by Crippen LogP contribution is 2.22. The number of anilines is 2. The third kappa shape index (κ3) is 2.43. The number of para-hydroxylation sites is 1. The summed E-state index contributed by atoms with van der Waals surface area (Å²) in [5, 5.41) is 12.4. The predicted molar refractivity (Wildman–Crippen MR) is 71.7 cm³/mol. The number of hydrogen-bond acceptors (Lipinski definition) is 3. The lowest BCUT2D eigenvalue weighted by Crippen LogP contribution is -2.13. The maximum absolute atomic E-state index is 12.0. The van der Waals surface area contributed by atoms with Crippen molar-refractivity contribution < 1.29 is 9.90 Å². The van der Waals surface area contributed by atoms with Crippen molar-refractivity contribution in [1.82, 2.24) is 0 Å². The molecule has 1 amide bonds. The number of carbonyl (C=O) groups excluding carboxylic acids is 1. The summed E-state index contributed by atoms with van der Waals surface area (Å²) < 4.78 is 0. The maximum Gasteiger partial charge on any atom is 0.259 e. The molecule has 0 saturated heterocycles. The molecule has 2 aromatic carbocycles. The van der Waals surface area contributed by atoms with Crippen LogP contribution in [-0.4, -0.2) is 11.0 Å². The summed E-state index contributed by atoms with van der Waals surface area (Å²) in [4.78, 5) is 12.0.